The Labute approximate surface area is 128 Å². The van der Waals surface area contributed by atoms with E-state index in [1.54, 1.807) is 6.07 Å². The maximum Gasteiger partial charge on any atom is 0.170 e. The highest BCUT2D eigenvalue weighted by atomic mass is 35.5. The molecule has 2 unspecified atom stereocenters. The fourth-order valence-electron chi connectivity index (χ4n) is 2.50. The number of halogens is 1. The highest BCUT2D eigenvalue weighted by molar-refractivity contribution is 7.99. The van der Waals surface area contributed by atoms with Crippen molar-refractivity contribution in [2.45, 2.75) is 37.1 Å². The zero-order valence-corrected chi connectivity index (χ0v) is 13.0. The number of rotatable bonds is 5. The van der Waals surface area contributed by atoms with Crippen LogP contribution in [0.25, 0.3) is 0 Å². The molecule has 4 nitrogen and oxygen atoms in total. The minimum atomic E-state index is 0.0741. The van der Waals surface area contributed by atoms with Crippen molar-refractivity contribution in [1.82, 2.24) is 5.32 Å². The van der Waals surface area contributed by atoms with Gasteiger partial charge >= 0.3 is 0 Å². The van der Waals surface area contributed by atoms with Gasteiger partial charge in [0.2, 0.25) is 0 Å². The Morgan fingerprint density at radius 2 is 2.35 bits per heavy atom. The van der Waals surface area contributed by atoms with Crippen molar-refractivity contribution in [3.05, 3.63) is 34.3 Å². The third-order valence-electron chi connectivity index (χ3n) is 3.76. The summed E-state index contributed by atoms with van der Waals surface area (Å²) in [4.78, 5) is 0. The molecule has 20 heavy (non-hydrogen) atoms. The van der Waals surface area contributed by atoms with Crippen molar-refractivity contribution >= 4 is 29.2 Å². The summed E-state index contributed by atoms with van der Waals surface area (Å²) in [6.07, 6.45) is 5.91. The van der Waals surface area contributed by atoms with E-state index < -0.39 is 0 Å². The lowest BCUT2D eigenvalue weighted by atomic mass is 10.1. The first-order chi connectivity index (χ1) is 9.63. The van der Waals surface area contributed by atoms with Gasteiger partial charge < -0.3 is 16.3 Å². The van der Waals surface area contributed by atoms with Gasteiger partial charge in [0.25, 0.3) is 0 Å². The summed E-state index contributed by atoms with van der Waals surface area (Å²) in [6.45, 7) is 0.751. The molecular formula is C14H20ClN3OS. The molecule has 6 heteroatoms. The van der Waals surface area contributed by atoms with Gasteiger partial charge in [0.1, 0.15) is 0 Å². The molecule has 1 fully saturated rings. The van der Waals surface area contributed by atoms with Crippen molar-refractivity contribution in [3.63, 3.8) is 0 Å². The van der Waals surface area contributed by atoms with E-state index in [-0.39, 0.29) is 5.84 Å². The van der Waals surface area contributed by atoms with Crippen LogP contribution in [0.1, 0.15) is 30.4 Å². The molecule has 0 bridgehead atoms. The van der Waals surface area contributed by atoms with Crippen LogP contribution in [-0.4, -0.2) is 28.6 Å². The van der Waals surface area contributed by atoms with Crippen LogP contribution in [-0.2, 0) is 6.54 Å². The SMILES string of the molecule is CSC1CCC(NCc2ccc(/C(N)=N/O)cc2Cl)C1. The number of nitrogens with zero attached hydrogens (tertiary/aromatic N) is 1. The number of hydrogen-bond acceptors (Lipinski definition) is 4. The van der Waals surface area contributed by atoms with E-state index in [1.165, 1.54) is 19.3 Å². The minimum Gasteiger partial charge on any atom is -0.409 e. The second-order valence-corrected chi connectivity index (χ2v) is 6.59. The monoisotopic (exact) mass is 313 g/mol. The largest absolute Gasteiger partial charge is 0.409 e. The molecule has 0 aliphatic heterocycles. The predicted molar refractivity (Wildman–Crippen MR) is 85.7 cm³/mol. The fraction of sp³-hybridized carbons (Fsp3) is 0.500. The van der Waals surface area contributed by atoms with E-state index in [2.05, 4.69) is 16.7 Å². The standard InChI is InChI=1S/C14H20ClN3OS/c1-20-12-5-4-11(7-12)17-8-10-3-2-9(6-13(10)15)14(16)18-19/h2-3,6,11-12,17,19H,4-5,7-8H2,1H3,(H2,16,18). The molecule has 110 valence electrons. The number of benzene rings is 1. The molecule has 1 saturated carbocycles. The van der Waals surface area contributed by atoms with Crippen LogP contribution in [0.15, 0.2) is 23.4 Å². The second-order valence-electron chi connectivity index (χ2n) is 5.04. The van der Waals surface area contributed by atoms with Crippen LogP contribution in [0.5, 0.6) is 0 Å². The van der Waals surface area contributed by atoms with Gasteiger partial charge in [0.05, 0.1) is 0 Å². The molecule has 2 atom stereocenters. The molecule has 0 heterocycles. The van der Waals surface area contributed by atoms with Crippen molar-refractivity contribution in [2.75, 3.05) is 6.26 Å². The molecule has 0 radical (unpaired) electrons. The highest BCUT2D eigenvalue weighted by Gasteiger charge is 2.23. The molecule has 0 spiro atoms. The molecule has 4 N–H and O–H groups in total. The van der Waals surface area contributed by atoms with Gasteiger partial charge in [-0.05, 0) is 37.1 Å². The lowest BCUT2D eigenvalue weighted by molar-refractivity contribution is 0.318. The summed E-state index contributed by atoms with van der Waals surface area (Å²) < 4.78 is 0. The van der Waals surface area contributed by atoms with Crippen LogP contribution in [0.4, 0.5) is 0 Å². The van der Waals surface area contributed by atoms with Crippen molar-refractivity contribution in [2.24, 2.45) is 10.9 Å². The molecule has 0 saturated heterocycles. The summed E-state index contributed by atoms with van der Waals surface area (Å²) in [5.41, 5.74) is 7.21. The van der Waals surface area contributed by atoms with Gasteiger partial charge in [0, 0.05) is 28.4 Å². The molecule has 1 aromatic rings. The van der Waals surface area contributed by atoms with Gasteiger partial charge in [-0.1, -0.05) is 28.9 Å². The first-order valence-corrected chi connectivity index (χ1v) is 8.33. The van der Waals surface area contributed by atoms with E-state index in [1.807, 2.05) is 23.9 Å². The van der Waals surface area contributed by atoms with Crippen molar-refractivity contribution in [3.8, 4) is 0 Å². The van der Waals surface area contributed by atoms with Gasteiger partial charge in [-0.25, -0.2) is 0 Å². The van der Waals surface area contributed by atoms with Crippen molar-refractivity contribution in [1.29, 1.82) is 0 Å². The Bertz CT molecular complexity index is 495. The van der Waals surface area contributed by atoms with Crippen LogP contribution in [0.3, 0.4) is 0 Å². The predicted octanol–water partition coefficient (Wildman–Crippen LogP) is 2.81. The van der Waals surface area contributed by atoms with Crippen LogP contribution < -0.4 is 11.1 Å². The molecule has 1 aliphatic carbocycles. The van der Waals surface area contributed by atoms with Crippen LogP contribution in [0.2, 0.25) is 5.02 Å². The molecule has 0 amide bonds. The van der Waals surface area contributed by atoms with Gasteiger partial charge in [0.15, 0.2) is 5.84 Å². The van der Waals surface area contributed by atoms with E-state index in [0.717, 1.165) is 17.4 Å². The number of nitrogens with one attached hydrogen (secondary N) is 1. The Morgan fingerprint density at radius 1 is 1.55 bits per heavy atom. The second kappa shape index (κ2) is 7.20. The quantitative estimate of drug-likeness (QED) is 0.338. The lowest BCUT2D eigenvalue weighted by Gasteiger charge is -2.14. The molecule has 2 rings (SSSR count). The van der Waals surface area contributed by atoms with E-state index in [4.69, 9.17) is 22.5 Å². The number of thioether (sulfide) groups is 1. The Balaban J connectivity index is 1.94. The number of hydrogen-bond donors (Lipinski definition) is 3. The fourth-order valence-corrected chi connectivity index (χ4v) is 3.55. The summed E-state index contributed by atoms with van der Waals surface area (Å²) in [7, 11) is 0. The number of nitrogens with two attached hydrogens (primary N) is 1. The smallest absolute Gasteiger partial charge is 0.170 e. The molecule has 1 aliphatic rings. The zero-order valence-electron chi connectivity index (χ0n) is 11.5. The Kier molecular flexibility index (Phi) is 5.57. The van der Waals surface area contributed by atoms with E-state index in [0.29, 0.717) is 16.6 Å². The third-order valence-corrected chi connectivity index (χ3v) is 5.20. The number of oxime groups is 1. The normalized spacial score (nSPS) is 23.2. The van der Waals surface area contributed by atoms with Gasteiger partial charge in [-0.2, -0.15) is 11.8 Å². The average Bonchev–Trinajstić information content (AvgIpc) is 2.93. The van der Waals surface area contributed by atoms with Crippen LogP contribution >= 0.6 is 23.4 Å². The van der Waals surface area contributed by atoms with Gasteiger partial charge in [-0.15, -0.1) is 0 Å². The Hall–Kier alpha value is -0.910. The topological polar surface area (TPSA) is 70.6 Å². The Morgan fingerprint density at radius 3 is 2.95 bits per heavy atom. The van der Waals surface area contributed by atoms with Crippen molar-refractivity contribution < 1.29 is 5.21 Å². The third kappa shape index (κ3) is 3.81. The van der Waals surface area contributed by atoms with Gasteiger partial charge in [-0.3, -0.25) is 0 Å². The minimum absolute atomic E-state index is 0.0741. The maximum atomic E-state index is 8.65. The van der Waals surface area contributed by atoms with E-state index >= 15 is 0 Å². The molecular weight excluding hydrogens is 294 g/mol. The molecule has 0 aromatic heterocycles. The molecule has 1 aromatic carbocycles. The van der Waals surface area contributed by atoms with E-state index in [9.17, 15) is 0 Å². The first kappa shape index (κ1) is 15.5. The summed E-state index contributed by atoms with van der Waals surface area (Å²) >= 11 is 8.19. The summed E-state index contributed by atoms with van der Waals surface area (Å²) in [5.74, 6) is 0.0741. The zero-order chi connectivity index (χ0) is 14.5. The maximum absolute atomic E-state index is 8.65. The van der Waals surface area contributed by atoms with Crippen LogP contribution in [0, 0.1) is 0 Å². The average molecular weight is 314 g/mol. The highest BCUT2D eigenvalue weighted by Crippen LogP contribution is 2.28. The summed E-state index contributed by atoms with van der Waals surface area (Å²) in [5, 5.41) is 16.6. The lowest BCUT2D eigenvalue weighted by Crippen LogP contribution is -2.26. The summed E-state index contributed by atoms with van der Waals surface area (Å²) in [6, 6.07) is 6.04. The first-order valence-electron chi connectivity index (χ1n) is 6.66. The number of amidine groups is 1.